The largest absolute Gasteiger partial charge is 0.385 e. The van der Waals surface area contributed by atoms with Gasteiger partial charge in [0.1, 0.15) is 0 Å². The predicted octanol–water partition coefficient (Wildman–Crippen LogP) is 5.98. The number of rotatable bonds is 11. The smallest absolute Gasteiger partial charge is 0.255 e. The van der Waals surface area contributed by atoms with Gasteiger partial charge in [0.2, 0.25) is 0 Å². The number of aliphatic hydroxyl groups is 1. The maximum Gasteiger partial charge on any atom is 0.255 e. The molecule has 2 unspecified atom stereocenters. The molecule has 208 valence electrons. The molecular formula is C32H40ClN3O3. The topological polar surface area (TPSA) is 88.7 Å². The van der Waals surface area contributed by atoms with E-state index >= 15 is 0 Å². The summed E-state index contributed by atoms with van der Waals surface area (Å²) in [6.07, 6.45) is 6.32. The molecular weight excluding hydrogens is 510 g/mol. The van der Waals surface area contributed by atoms with Crippen LogP contribution in [0.2, 0.25) is 5.02 Å². The van der Waals surface area contributed by atoms with E-state index in [0.29, 0.717) is 43.2 Å². The van der Waals surface area contributed by atoms with Gasteiger partial charge in [-0.15, -0.1) is 0 Å². The minimum Gasteiger partial charge on any atom is -0.385 e. The van der Waals surface area contributed by atoms with Gasteiger partial charge in [0, 0.05) is 56.1 Å². The third-order valence-corrected chi connectivity index (χ3v) is 8.24. The van der Waals surface area contributed by atoms with Crippen LogP contribution < -0.4 is 5.73 Å². The van der Waals surface area contributed by atoms with E-state index < -0.39 is 5.60 Å². The molecule has 2 atom stereocenters. The number of methoxy groups -OCH3 is 1. The highest BCUT2D eigenvalue weighted by Gasteiger charge is 2.43. The minimum absolute atomic E-state index is 0.0699. The number of benzene rings is 2. The lowest BCUT2D eigenvalue weighted by molar-refractivity contribution is -0.0574. The van der Waals surface area contributed by atoms with E-state index in [9.17, 15) is 9.90 Å². The Hall–Kier alpha value is -2.77. The second-order valence-electron chi connectivity index (χ2n) is 10.4. The van der Waals surface area contributed by atoms with Gasteiger partial charge in [-0.05, 0) is 73.4 Å². The Bertz CT molecular complexity index is 1250. The molecule has 1 aliphatic rings. The summed E-state index contributed by atoms with van der Waals surface area (Å²) in [5.74, 6) is -0.222. The molecule has 1 saturated heterocycles. The number of piperidine rings is 1. The summed E-state index contributed by atoms with van der Waals surface area (Å²) in [5.41, 5.74) is 9.70. The maximum absolute atomic E-state index is 13.5. The zero-order valence-corrected chi connectivity index (χ0v) is 23.8. The minimum atomic E-state index is -1.17. The Morgan fingerprint density at radius 3 is 2.74 bits per heavy atom. The molecule has 3 N–H and O–H groups in total. The van der Waals surface area contributed by atoms with Gasteiger partial charge in [0.05, 0.1) is 16.9 Å². The predicted molar refractivity (Wildman–Crippen MR) is 157 cm³/mol. The molecule has 3 aromatic rings. The van der Waals surface area contributed by atoms with Gasteiger partial charge in [-0.3, -0.25) is 9.78 Å². The lowest BCUT2D eigenvalue weighted by Gasteiger charge is -2.44. The van der Waals surface area contributed by atoms with Crippen molar-refractivity contribution >= 4 is 17.5 Å². The van der Waals surface area contributed by atoms with Crippen molar-refractivity contribution in [1.82, 2.24) is 9.88 Å². The number of halogens is 1. The number of amides is 1. The summed E-state index contributed by atoms with van der Waals surface area (Å²) in [7, 11) is 1.70. The van der Waals surface area contributed by atoms with Crippen molar-refractivity contribution in [3.05, 3.63) is 88.2 Å². The number of hydrogen-bond donors (Lipinski definition) is 2. The number of pyridine rings is 1. The first-order valence-corrected chi connectivity index (χ1v) is 14.3. The van der Waals surface area contributed by atoms with Crippen LogP contribution in [0, 0.1) is 5.92 Å². The Kier molecular flexibility index (Phi) is 10.1. The molecule has 1 aliphatic heterocycles. The maximum atomic E-state index is 13.5. The van der Waals surface area contributed by atoms with Crippen molar-refractivity contribution in [1.29, 1.82) is 0 Å². The molecule has 6 nitrogen and oxygen atoms in total. The number of aromatic nitrogens is 1. The fraction of sp³-hybridized carbons (Fsp3) is 0.438. The van der Waals surface area contributed by atoms with E-state index in [1.165, 1.54) is 5.56 Å². The van der Waals surface area contributed by atoms with E-state index in [1.807, 2.05) is 29.2 Å². The lowest BCUT2D eigenvalue weighted by atomic mass is 9.72. The fourth-order valence-electron chi connectivity index (χ4n) is 5.73. The second kappa shape index (κ2) is 13.5. The third kappa shape index (κ3) is 6.69. The van der Waals surface area contributed by atoms with Gasteiger partial charge in [0.25, 0.3) is 5.91 Å². The van der Waals surface area contributed by atoms with Gasteiger partial charge >= 0.3 is 0 Å². The van der Waals surface area contributed by atoms with Crippen LogP contribution in [0.3, 0.4) is 0 Å². The first-order chi connectivity index (χ1) is 18.9. The Balaban J connectivity index is 1.71. The van der Waals surface area contributed by atoms with E-state index in [4.69, 9.17) is 22.1 Å². The molecule has 1 amide bonds. The van der Waals surface area contributed by atoms with Crippen LogP contribution in [0.4, 0.5) is 0 Å². The second-order valence-corrected chi connectivity index (χ2v) is 10.8. The highest BCUT2D eigenvalue weighted by Crippen LogP contribution is 2.46. The number of likely N-dealkylation sites (tertiary alicyclic amines) is 1. The summed E-state index contributed by atoms with van der Waals surface area (Å²) < 4.78 is 5.29. The molecule has 7 heteroatoms. The van der Waals surface area contributed by atoms with E-state index in [2.05, 4.69) is 30.1 Å². The van der Waals surface area contributed by atoms with Crippen molar-refractivity contribution in [2.24, 2.45) is 11.7 Å². The molecule has 39 heavy (non-hydrogen) atoms. The van der Waals surface area contributed by atoms with Crippen LogP contribution >= 0.6 is 11.6 Å². The van der Waals surface area contributed by atoms with Crippen LogP contribution in [-0.2, 0) is 23.3 Å². The van der Waals surface area contributed by atoms with Crippen LogP contribution in [0.25, 0.3) is 11.1 Å². The van der Waals surface area contributed by atoms with Crippen LogP contribution in [-0.4, -0.2) is 47.7 Å². The quantitative estimate of drug-likeness (QED) is 0.287. The molecule has 2 aromatic carbocycles. The molecule has 0 radical (unpaired) electrons. The van der Waals surface area contributed by atoms with Gasteiger partial charge in [0.15, 0.2) is 0 Å². The van der Waals surface area contributed by atoms with Gasteiger partial charge < -0.3 is 20.5 Å². The molecule has 1 fully saturated rings. The first-order valence-electron chi connectivity index (χ1n) is 13.9. The Morgan fingerprint density at radius 1 is 1.21 bits per heavy atom. The van der Waals surface area contributed by atoms with Crippen molar-refractivity contribution in [3.8, 4) is 11.1 Å². The zero-order chi connectivity index (χ0) is 27.8. The van der Waals surface area contributed by atoms with Crippen LogP contribution in [0.1, 0.15) is 66.2 Å². The molecule has 0 aliphatic carbocycles. The van der Waals surface area contributed by atoms with Gasteiger partial charge in [-0.25, -0.2) is 0 Å². The number of nitrogens with two attached hydrogens (primary N) is 1. The summed E-state index contributed by atoms with van der Waals surface area (Å²) >= 11 is 6.86. The van der Waals surface area contributed by atoms with E-state index in [1.54, 1.807) is 25.4 Å². The average molecular weight is 550 g/mol. The average Bonchev–Trinajstić information content (AvgIpc) is 2.98. The monoisotopic (exact) mass is 549 g/mol. The molecule has 0 spiro atoms. The standard InChI is InChI=1S/C32H40ClN3O3/c1-3-23-9-6-10-24(19-23)30-28(12-7-13-29(30)33)32(38,16-4-5-18-39-2)26-11-8-17-36(22-26)31(37)25-14-15-27(20-34)35-21-25/h6-7,9-10,12-15,19,21,26,38H,3-5,8,11,16-18,20,22,34H2,1-2H3. The highest BCUT2D eigenvalue weighted by molar-refractivity contribution is 6.33. The van der Waals surface area contributed by atoms with Crippen LogP contribution in [0.5, 0.6) is 0 Å². The first kappa shape index (κ1) is 29.2. The van der Waals surface area contributed by atoms with Crippen molar-refractivity contribution in [2.45, 2.75) is 57.6 Å². The highest BCUT2D eigenvalue weighted by atomic mass is 35.5. The summed E-state index contributed by atoms with van der Waals surface area (Å²) in [6.45, 7) is 4.21. The van der Waals surface area contributed by atoms with Gasteiger partial charge in [-0.1, -0.05) is 54.9 Å². The van der Waals surface area contributed by atoms with Crippen molar-refractivity contribution < 1.29 is 14.6 Å². The number of carbonyl (C=O) groups is 1. The molecule has 0 bridgehead atoms. The summed E-state index contributed by atoms with van der Waals surface area (Å²) in [6, 6.07) is 17.8. The number of aryl methyl sites for hydroxylation is 1. The van der Waals surface area contributed by atoms with Gasteiger partial charge in [-0.2, -0.15) is 0 Å². The Labute approximate surface area is 237 Å². The SMILES string of the molecule is CCc1cccc(-c2c(Cl)cccc2C(O)(CCCCOC)C2CCCN(C(=O)c3ccc(CN)nc3)C2)c1. The third-order valence-electron chi connectivity index (χ3n) is 7.93. The van der Waals surface area contributed by atoms with Crippen molar-refractivity contribution in [3.63, 3.8) is 0 Å². The number of ether oxygens (including phenoxy) is 1. The van der Waals surface area contributed by atoms with Crippen molar-refractivity contribution in [2.75, 3.05) is 26.8 Å². The van der Waals surface area contributed by atoms with E-state index in [0.717, 1.165) is 54.5 Å². The normalized spacial score (nSPS) is 17.2. The number of hydrogen-bond acceptors (Lipinski definition) is 5. The fourth-order valence-corrected chi connectivity index (χ4v) is 6.01. The summed E-state index contributed by atoms with van der Waals surface area (Å²) in [5, 5.41) is 13.3. The molecule has 0 saturated carbocycles. The molecule has 2 heterocycles. The molecule has 1 aromatic heterocycles. The van der Waals surface area contributed by atoms with E-state index in [-0.39, 0.29) is 11.8 Å². The van der Waals surface area contributed by atoms with Crippen LogP contribution in [0.15, 0.2) is 60.8 Å². The number of carbonyl (C=O) groups excluding carboxylic acids is 1. The number of nitrogens with zero attached hydrogens (tertiary/aromatic N) is 2. The number of unbranched alkanes of at least 4 members (excludes halogenated alkanes) is 1. The summed E-state index contributed by atoms with van der Waals surface area (Å²) in [4.78, 5) is 19.6. The lowest BCUT2D eigenvalue weighted by Crippen LogP contribution is -2.48. The molecule has 4 rings (SSSR count). The Morgan fingerprint density at radius 2 is 2.03 bits per heavy atom. The zero-order valence-electron chi connectivity index (χ0n) is 23.0.